The van der Waals surface area contributed by atoms with Crippen molar-refractivity contribution in [1.82, 2.24) is 9.88 Å². The number of hydrogen-bond donors (Lipinski definition) is 1. The van der Waals surface area contributed by atoms with E-state index in [1.165, 1.54) is 10.9 Å². The summed E-state index contributed by atoms with van der Waals surface area (Å²) in [6.07, 6.45) is 1.48. The van der Waals surface area contributed by atoms with Gasteiger partial charge in [0.2, 0.25) is 0 Å². The van der Waals surface area contributed by atoms with Gasteiger partial charge >= 0.3 is 0 Å². The maximum atomic E-state index is 10.5. The molecule has 25 heavy (non-hydrogen) atoms. The van der Waals surface area contributed by atoms with E-state index in [-0.39, 0.29) is 6.10 Å². The van der Waals surface area contributed by atoms with E-state index in [1.54, 1.807) is 0 Å². The molecule has 4 rings (SSSR count). The molecule has 1 saturated heterocycles. The summed E-state index contributed by atoms with van der Waals surface area (Å²) in [7, 11) is 0. The number of rotatable bonds is 3. The summed E-state index contributed by atoms with van der Waals surface area (Å²) < 4.78 is 0. The lowest BCUT2D eigenvalue weighted by molar-refractivity contribution is 0.129. The number of anilines is 1. The first-order valence-electron chi connectivity index (χ1n) is 8.82. The Hall–Kier alpha value is -2.43. The minimum Gasteiger partial charge on any atom is -0.390 e. The van der Waals surface area contributed by atoms with Crippen LogP contribution in [-0.4, -0.2) is 47.3 Å². The van der Waals surface area contributed by atoms with Gasteiger partial charge in [0.25, 0.3) is 0 Å². The molecule has 0 spiro atoms. The van der Waals surface area contributed by atoms with Crippen LogP contribution in [0.3, 0.4) is 0 Å². The molecule has 0 bridgehead atoms. The predicted octanol–water partition coefficient (Wildman–Crippen LogP) is 2.92. The second-order valence-corrected chi connectivity index (χ2v) is 6.68. The number of β-amino-alcohol motifs (C(OH)–C–C–N with tert-alkyl or cyclic N) is 1. The SMILES string of the molecule is OC1CN(Cc2ccccc2)CCN(c2nccc3ccccc23)C1. The number of aromatic nitrogens is 1. The summed E-state index contributed by atoms with van der Waals surface area (Å²) in [6.45, 7) is 3.96. The maximum Gasteiger partial charge on any atom is 0.136 e. The van der Waals surface area contributed by atoms with E-state index in [4.69, 9.17) is 0 Å². The minimum absolute atomic E-state index is 0.382. The standard InChI is InChI=1S/C21H23N3O/c25-19-15-23(14-17-6-2-1-3-7-17)12-13-24(16-19)21-20-9-5-4-8-18(20)10-11-22-21/h1-11,19,25H,12-16H2. The zero-order chi connectivity index (χ0) is 17.1. The van der Waals surface area contributed by atoms with Crippen LogP contribution in [0.15, 0.2) is 66.9 Å². The van der Waals surface area contributed by atoms with Gasteiger partial charge in [-0.25, -0.2) is 4.98 Å². The Kier molecular flexibility index (Phi) is 4.63. The third-order valence-electron chi connectivity index (χ3n) is 4.79. The van der Waals surface area contributed by atoms with E-state index in [1.807, 2.05) is 30.5 Å². The number of aliphatic hydroxyl groups excluding tert-OH is 1. The normalized spacial score (nSPS) is 19.1. The Bertz CT molecular complexity index is 831. The number of hydrogen-bond acceptors (Lipinski definition) is 4. The van der Waals surface area contributed by atoms with Crippen molar-refractivity contribution in [3.8, 4) is 0 Å². The molecule has 0 saturated carbocycles. The summed E-state index contributed by atoms with van der Waals surface area (Å²) in [5.74, 6) is 0.971. The molecule has 4 nitrogen and oxygen atoms in total. The number of nitrogens with zero attached hydrogens (tertiary/aromatic N) is 3. The summed E-state index contributed by atoms with van der Waals surface area (Å²) in [5.41, 5.74) is 1.28. The van der Waals surface area contributed by atoms with Crippen molar-refractivity contribution in [1.29, 1.82) is 0 Å². The first-order chi connectivity index (χ1) is 12.3. The molecular formula is C21H23N3O. The van der Waals surface area contributed by atoms with Gasteiger partial charge in [-0.05, 0) is 17.0 Å². The fourth-order valence-electron chi connectivity index (χ4n) is 3.59. The van der Waals surface area contributed by atoms with Gasteiger partial charge in [0.1, 0.15) is 5.82 Å². The van der Waals surface area contributed by atoms with Crippen LogP contribution < -0.4 is 4.90 Å². The van der Waals surface area contributed by atoms with Crippen LogP contribution in [-0.2, 0) is 6.54 Å². The quantitative estimate of drug-likeness (QED) is 0.800. The second-order valence-electron chi connectivity index (χ2n) is 6.68. The Labute approximate surface area is 148 Å². The lowest BCUT2D eigenvalue weighted by Gasteiger charge is -2.24. The fraction of sp³-hybridized carbons (Fsp3) is 0.286. The monoisotopic (exact) mass is 333 g/mol. The maximum absolute atomic E-state index is 10.5. The van der Waals surface area contributed by atoms with Crippen molar-refractivity contribution in [3.63, 3.8) is 0 Å². The first kappa shape index (κ1) is 16.1. The molecule has 0 aliphatic carbocycles. The van der Waals surface area contributed by atoms with Crippen molar-refractivity contribution in [2.75, 3.05) is 31.1 Å². The van der Waals surface area contributed by atoms with E-state index >= 15 is 0 Å². The third-order valence-corrected chi connectivity index (χ3v) is 4.79. The molecule has 2 heterocycles. The highest BCUT2D eigenvalue weighted by Crippen LogP contribution is 2.25. The van der Waals surface area contributed by atoms with Gasteiger partial charge in [-0.1, -0.05) is 54.6 Å². The van der Waals surface area contributed by atoms with Crippen LogP contribution in [0.2, 0.25) is 0 Å². The highest BCUT2D eigenvalue weighted by molar-refractivity contribution is 5.92. The Morgan fingerprint density at radius 1 is 0.920 bits per heavy atom. The molecule has 1 aliphatic heterocycles. The van der Waals surface area contributed by atoms with Gasteiger partial charge in [-0.3, -0.25) is 4.90 Å². The third kappa shape index (κ3) is 3.65. The summed E-state index contributed by atoms with van der Waals surface area (Å²) in [4.78, 5) is 9.16. The second kappa shape index (κ2) is 7.21. The van der Waals surface area contributed by atoms with Crippen molar-refractivity contribution < 1.29 is 5.11 Å². The number of fused-ring (bicyclic) bond motifs is 1. The predicted molar refractivity (Wildman–Crippen MR) is 102 cm³/mol. The van der Waals surface area contributed by atoms with E-state index < -0.39 is 0 Å². The zero-order valence-corrected chi connectivity index (χ0v) is 14.3. The zero-order valence-electron chi connectivity index (χ0n) is 14.3. The van der Waals surface area contributed by atoms with Crippen molar-refractivity contribution in [3.05, 3.63) is 72.4 Å². The fourth-order valence-corrected chi connectivity index (χ4v) is 3.59. The van der Waals surface area contributed by atoms with Crippen molar-refractivity contribution in [2.45, 2.75) is 12.6 Å². The summed E-state index contributed by atoms with van der Waals surface area (Å²) in [5, 5.41) is 12.9. The molecule has 128 valence electrons. The van der Waals surface area contributed by atoms with Crippen molar-refractivity contribution >= 4 is 16.6 Å². The molecule has 0 radical (unpaired) electrons. The van der Waals surface area contributed by atoms with E-state index in [0.29, 0.717) is 13.1 Å². The van der Waals surface area contributed by atoms with E-state index in [2.05, 4.69) is 51.2 Å². The van der Waals surface area contributed by atoms with Gasteiger partial charge in [0, 0.05) is 44.3 Å². The van der Waals surface area contributed by atoms with Crippen LogP contribution in [0.1, 0.15) is 5.56 Å². The molecule has 0 amide bonds. The molecule has 2 aromatic carbocycles. The van der Waals surface area contributed by atoms with Crippen LogP contribution >= 0.6 is 0 Å². The summed E-state index contributed by atoms with van der Waals surface area (Å²) in [6, 6.07) is 20.8. The average molecular weight is 333 g/mol. The smallest absolute Gasteiger partial charge is 0.136 e. The van der Waals surface area contributed by atoms with Crippen LogP contribution in [0.25, 0.3) is 10.8 Å². The van der Waals surface area contributed by atoms with Crippen LogP contribution in [0.4, 0.5) is 5.82 Å². The Morgan fingerprint density at radius 3 is 2.60 bits per heavy atom. The Morgan fingerprint density at radius 2 is 1.72 bits per heavy atom. The molecule has 1 unspecified atom stereocenters. The molecule has 1 fully saturated rings. The molecule has 1 atom stereocenters. The average Bonchev–Trinajstić information content (AvgIpc) is 2.83. The van der Waals surface area contributed by atoms with Crippen molar-refractivity contribution in [2.24, 2.45) is 0 Å². The van der Waals surface area contributed by atoms with Gasteiger partial charge in [0.05, 0.1) is 6.10 Å². The Balaban J connectivity index is 1.54. The highest BCUT2D eigenvalue weighted by Gasteiger charge is 2.23. The lowest BCUT2D eigenvalue weighted by atomic mass is 10.1. The van der Waals surface area contributed by atoms with Crippen LogP contribution in [0.5, 0.6) is 0 Å². The molecular weight excluding hydrogens is 310 g/mol. The van der Waals surface area contributed by atoms with E-state index in [0.717, 1.165) is 30.8 Å². The minimum atomic E-state index is -0.382. The van der Waals surface area contributed by atoms with Gasteiger partial charge in [0.15, 0.2) is 0 Å². The topological polar surface area (TPSA) is 39.6 Å². The first-order valence-corrected chi connectivity index (χ1v) is 8.82. The number of benzene rings is 2. The molecule has 1 aliphatic rings. The molecule has 4 heteroatoms. The molecule has 3 aromatic rings. The molecule has 1 N–H and O–H groups in total. The van der Waals surface area contributed by atoms with Gasteiger partial charge < -0.3 is 10.0 Å². The molecule has 1 aromatic heterocycles. The number of aliphatic hydroxyl groups is 1. The highest BCUT2D eigenvalue weighted by atomic mass is 16.3. The van der Waals surface area contributed by atoms with Crippen LogP contribution in [0, 0.1) is 0 Å². The van der Waals surface area contributed by atoms with E-state index in [9.17, 15) is 5.11 Å². The number of pyridine rings is 1. The largest absolute Gasteiger partial charge is 0.390 e. The van der Waals surface area contributed by atoms with Gasteiger partial charge in [-0.15, -0.1) is 0 Å². The lowest BCUT2D eigenvalue weighted by Crippen LogP contribution is -2.33. The van der Waals surface area contributed by atoms with Gasteiger partial charge in [-0.2, -0.15) is 0 Å². The summed E-state index contributed by atoms with van der Waals surface area (Å²) >= 11 is 0.